The van der Waals surface area contributed by atoms with E-state index in [1.54, 1.807) is 23.5 Å². The van der Waals surface area contributed by atoms with Crippen LogP contribution in [0.2, 0.25) is 0 Å². The van der Waals surface area contributed by atoms with Crippen molar-refractivity contribution < 1.29 is 17.9 Å². The van der Waals surface area contributed by atoms with Crippen LogP contribution in [-0.2, 0) is 32.4 Å². The first-order chi connectivity index (χ1) is 15.0. The Balaban J connectivity index is 1.59. The van der Waals surface area contributed by atoms with Gasteiger partial charge in [-0.05, 0) is 37.5 Å². The molecular formula is C21H28N4O4S2. The first kappa shape index (κ1) is 22.2. The minimum Gasteiger partial charge on any atom is -0.379 e. The van der Waals surface area contributed by atoms with Crippen LogP contribution in [0, 0.1) is 0 Å². The zero-order valence-electron chi connectivity index (χ0n) is 17.7. The van der Waals surface area contributed by atoms with Gasteiger partial charge in [0, 0.05) is 31.6 Å². The third kappa shape index (κ3) is 5.08. The number of ether oxygens (including phenoxy) is 1. The lowest BCUT2D eigenvalue weighted by molar-refractivity contribution is -0.115. The SMILES string of the molecule is CCc1nc(CC(=O)Nc2cc(S(=O)(=O)N3CCOCC3)ccc2N2CCCC2)cs1. The number of hydrogen-bond donors (Lipinski definition) is 1. The highest BCUT2D eigenvalue weighted by Gasteiger charge is 2.28. The number of aryl methyl sites for hydroxylation is 1. The second-order valence-corrected chi connectivity index (χ2v) is 10.6. The number of rotatable bonds is 7. The van der Waals surface area contributed by atoms with E-state index in [0.29, 0.717) is 32.0 Å². The molecule has 2 fully saturated rings. The molecular weight excluding hydrogens is 436 g/mol. The van der Waals surface area contributed by atoms with Crippen molar-refractivity contribution in [3.63, 3.8) is 0 Å². The maximum absolute atomic E-state index is 13.1. The number of aromatic nitrogens is 1. The van der Waals surface area contributed by atoms with Gasteiger partial charge in [-0.25, -0.2) is 13.4 Å². The Bertz CT molecular complexity index is 1030. The van der Waals surface area contributed by atoms with E-state index in [2.05, 4.69) is 15.2 Å². The standard InChI is InChI=1S/C21H28N4O4S2/c1-2-21-22-16(15-30-21)13-20(26)23-18-14-17(5-6-19(18)24-7-3-4-8-24)31(27,28)25-9-11-29-12-10-25/h5-6,14-15H,2-4,7-13H2,1H3,(H,23,26). The van der Waals surface area contributed by atoms with Crippen molar-refractivity contribution in [3.05, 3.63) is 34.3 Å². The van der Waals surface area contributed by atoms with Crippen molar-refractivity contribution in [3.8, 4) is 0 Å². The van der Waals surface area contributed by atoms with E-state index in [1.165, 1.54) is 4.31 Å². The zero-order chi connectivity index (χ0) is 21.8. The van der Waals surface area contributed by atoms with Crippen LogP contribution in [-0.4, -0.2) is 63.0 Å². The molecule has 2 aliphatic heterocycles. The first-order valence-corrected chi connectivity index (χ1v) is 13.0. The molecule has 1 aromatic heterocycles. The number of nitrogens with zero attached hydrogens (tertiary/aromatic N) is 3. The number of carbonyl (C=O) groups is 1. The predicted molar refractivity (Wildman–Crippen MR) is 121 cm³/mol. The highest BCUT2D eigenvalue weighted by atomic mass is 32.2. The summed E-state index contributed by atoms with van der Waals surface area (Å²) in [7, 11) is -3.65. The molecule has 4 rings (SSSR count). The average Bonchev–Trinajstić information content (AvgIpc) is 3.46. The van der Waals surface area contributed by atoms with Gasteiger partial charge in [0.05, 0.1) is 46.6 Å². The molecule has 3 heterocycles. The number of hydrogen-bond acceptors (Lipinski definition) is 7. The molecule has 2 aromatic rings. The van der Waals surface area contributed by atoms with Crippen LogP contribution in [0.5, 0.6) is 0 Å². The van der Waals surface area contributed by atoms with Gasteiger partial charge in [-0.1, -0.05) is 6.92 Å². The van der Waals surface area contributed by atoms with Crippen LogP contribution in [0.25, 0.3) is 0 Å². The van der Waals surface area contributed by atoms with Gasteiger partial charge in [-0.15, -0.1) is 11.3 Å². The number of benzene rings is 1. The van der Waals surface area contributed by atoms with Crippen molar-refractivity contribution in [1.82, 2.24) is 9.29 Å². The summed E-state index contributed by atoms with van der Waals surface area (Å²) >= 11 is 1.55. The summed E-state index contributed by atoms with van der Waals surface area (Å²) in [5, 5.41) is 5.86. The smallest absolute Gasteiger partial charge is 0.243 e. The monoisotopic (exact) mass is 464 g/mol. The highest BCUT2D eigenvalue weighted by Crippen LogP contribution is 2.32. The molecule has 0 spiro atoms. The third-order valence-electron chi connectivity index (χ3n) is 5.54. The molecule has 0 aliphatic carbocycles. The number of carbonyl (C=O) groups excluding carboxylic acids is 1. The lowest BCUT2D eigenvalue weighted by Gasteiger charge is -2.27. The third-order valence-corrected chi connectivity index (χ3v) is 8.48. The van der Waals surface area contributed by atoms with Gasteiger partial charge in [-0.2, -0.15) is 4.31 Å². The van der Waals surface area contributed by atoms with Crippen LogP contribution >= 0.6 is 11.3 Å². The first-order valence-electron chi connectivity index (χ1n) is 10.7. The molecule has 0 bridgehead atoms. The molecule has 1 N–H and O–H groups in total. The Hall–Kier alpha value is -2.01. The minimum absolute atomic E-state index is 0.163. The van der Waals surface area contributed by atoms with Gasteiger partial charge in [-0.3, -0.25) is 4.79 Å². The van der Waals surface area contributed by atoms with E-state index in [4.69, 9.17) is 4.74 Å². The van der Waals surface area contributed by atoms with Crippen LogP contribution in [0.4, 0.5) is 11.4 Å². The molecule has 0 unspecified atom stereocenters. The van der Waals surface area contributed by atoms with Crippen molar-refractivity contribution >= 4 is 38.6 Å². The molecule has 0 saturated carbocycles. The Morgan fingerprint density at radius 1 is 1.19 bits per heavy atom. The Kier molecular flexibility index (Phi) is 6.90. The van der Waals surface area contributed by atoms with Crippen LogP contribution in [0.1, 0.15) is 30.5 Å². The molecule has 1 amide bonds. The summed E-state index contributed by atoms with van der Waals surface area (Å²) in [5.74, 6) is -0.200. The summed E-state index contributed by atoms with van der Waals surface area (Å²) in [6.07, 6.45) is 3.17. The number of amides is 1. The summed E-state index contributed by atoms with van der Waals surface area (Å²) in [6, 6.07) is 5.04. The van der Waals surface area contributed by atoms with Gasteiger partial charge in [0.1, 0.15) is 0 Å². The fourth-order valence-electron chi connectivity index (χ4n) is 3.90. The van der Waals surface area contributed by atoms with Gasteiger partial charge < -0.3 is 15.0 Å². The quantitative estimate of drug-likeness (QED) is 0.677. The molecule has 1 aromatic carbocycles. The fraction of sp³-hybridized carbons (Fsp3) is 0.524. The number of morpholine rings is 1. The second kappa shape index (κ2) is 9.64. The second-order valence-electron chi connectivity index (χ2n) is 7.70. The largest absolute Gasteiger partial charge is 0.379 e. The number of thiazole rings is 1. The van der Waals surface area contributed by atoms with E-state index in [9.17, 15) is 13.2 Å². The fourth-order valence-corrected chi connectivity index (χ4v) is 6.08. The molecule has 31 heavy (non-hydrogen) atoms. The van der Waals surface area contributed by atoms with E-state index < -0.39 is 10.0 Å². The minimum atomic E-state index is -3.65. The van der Waals surface area contributed by atoms with Crippen molar-refractivity contribution in [2.24, 2.45) is 0 Å². The van der Waals surface area contributed by atoms with Crippen LogP contribution in [0.15, 0.2) is 28.5 Å². The number of sulfonamides is 1. The Labute approximate surface area is 187 Å². The van der Waals surface area contributed by atoms with Crippen molar-refractivity contribution in [1.29, 1.82) is 0 Å². The molecule has 10 heteroatoms. The number of anilines is 2. The van der Waals surface area contributed by atoms with Crippen molar-refractivity contribution in [2.45, 2.75) is 37.5 Å². The van der Waals surface area contributed by atoms with Gasteiger partial charge >= 0.3 is 0 Å². The predicted octanol–water partition coefficient (Wildman–Crippen LogP) is 2.51. The van der Waals surface area contributed by atoms with E-state index in [1.807, 2.05) is 18.4 Å². The summed E-state index contributed by atoms with van der Waals surface area (Å²) < 4.78 is 33.0. The topological polar surface area (TPSA) is 91.8 Å². The van der Waals surface area contributed by atoms with Crippen molar-refractivity contribution in [2.75, 3.05) is 49.6 Å². The maximum Gasteiger partial charge on any atom is 0.243 e. The molecule has 0 radical (unpaired) electrons. The Morgan fingerprint density at radius 3 is 2.61 bits per heavy atom. The van der Waals surface area contributed by atoms with Gasteiger partial charge in [0.15, 0.2) is 0 Å². The summed E-state index contributed by atoms with van der Waals surface area (Å²) in [4.78, 5) is 19.6. The van der Waals surface area contributed by atoms with E-state index in [-0.39, 0.29) is 17.2 Å². The zero-order valence-corrected chi connectivity index (χ0v) is 19.3. The maximum atomic E-state index is 13.1. The summed E-state index contributed by atoms with van der Waals surface area (Å²) in [6.45, 7) is 5.27. The average molecular weight is 465 g/mol. The van der Waals surface area contributed by atoms with Gasteiger partial charge in [0.2, 0.25) is 15.9 Å². The normalized spacial score (nSPS) is 17.8. The molecule has 2 saturated heterocycles. The Morgan fingerprint density at radius 2 is 1.94 bits per heavy atom. The molecule has 8 nitrogen and oxygen atoms in total. The van der Waals surface area contributed by atoms with E-state index >= 15 is 0 Å². The summed E-state index contributed by atoms with van der Waals surface area (Å²) in [5.41, 5.74) is 2.13. The number of nitrogens with one attached hydrogen (secondary N) is 1. The van der Waals surface area contributed by atoms with Crippen LogP contribution in [0.3, 0.4) is 0 Å². The van der Waals surface area contributed by atoms with Crippen LogP contribution < -0.4 is 10.2 Å². The lowest BCUT2D eigenvalue weighted by atomic mass is 10.2. The molecule has 2 aliphatic rings. The lowest BCUT2D eigenvalue weighted by Crippen LogP contribution is -2.40. The molecule has 0 atom stereocenters. The van der Waals surface area contributed by atoms with Gasteiger partial charge in [0.25, 0.3) is 0 Å². The highest BCUT2D eigenvalue weighted by molar-refractivity contribution is 7.89. The van der Waals surface area contributed by atoms with E-state index in [0.717, 1.165) is 48.7 Å². The molecule has 168 valence electrons.